The molecule has 0 saturated carbocycles. The van der Waals surface area contributed by atoms with E-state index in [1.54, 1.807) is 28.8 Å². The first kappa shape index (κ1) is 19.1. The number of halogens is 1. The Labute approximate surface area is 161 Å². The molecule has 0 amide bonds. The molecule has 138 valence electrons. The van der Waals surface area contributed by atoms with Crippen LogP contribution in [0.2, 0.25) is 5.02 Å². The van der Waals surface area contributed by atoms with Crippen LogP contribution in [0.4, 0.5) is 0 Å². The van der Waals surface area contributed by atoms with Crippen LogP contribution in [0, 0.1) is 0 Å². The van der Waals surface area contributed by atoms with Gasteiger partial charge in [-0.15, -0.1) is 0 Å². The summed E-state index contributed by atoms with van der Waals surface area (Å²) in [4.78, 5) is 12.4. The third-order valence-electron chi connectivity index (χ3n) is 4.17. The quantitative estimate of drug-likeness (QED) is 0.671. The normalized spacial score (nSPS) is 13.2. The van der Waals surface area contributed by atoms with Crippen molar-refractivity contribution < 1.29 is 8.42 Å². The molecule has 1 N–H and O–H groups in total. The van der Waals surface area contributed by atoms with Gasteiger partial charge in [0.2, 0.25) is 10.0 Å². The molecule has 0 aliphatic heterocycles. The Morgan fingerprint density at radius 2 is 1.88 bits per heavy atom. The van der Waals surface area contributed by atoms with E-state index in [0.29, 0.717) is 22.7 Å². The van der Waals surface area contributed by atoms with Crippen LogP contribution in [0.25, 0.3) is 10.2 Å². The van der Waals surface area contributed by atoms with Crippen LogP contribution < -0.4 is 9.60 Å². The maximum absolute atomic E-state index is 12.5. The largest absolute Gasteiger partial charge is 0.308 e. The Kier molecular flexibility index (Phi) is 5.53. The topological polar surface area (TPSA) is 68.2 Å². The molecule has 0 aliphatic rings. The van der Waals surface area contributed by atoms with E-state index in [1.165, 1.54) is 6.07 Å². The van der Waals surface area contributed by atoms with Crippen LogP contribution in [0.15, 0.2) is 52.2 Å². The molecule has 1 heterocycles. The monoisotopic (exact) mass is 410 g/mol. The van der Waals surface area contributed by atoms with Gasteiger partial charge in [-0.3, -0.25) is 9.36 Å². The van der Waals surface area contributed by atoms with Crippen molar-refractivity contribution in [3.8, 4) is 0 Å². The number of rotatable bonds is 6. The Balaban J connectivity index is 1.98. The first-order valence-corrected chi connectivity index (χ1v) is 10.9. The van der Waals surface area contributed by atoms with Crippen LogP contribution in [-0.4, -0.2) is 19.0 Å². The molecule has 0 saturated heterocycles. The van der Waals surface area contributed by atoms with Crippen LogP contribution in [0.3, 0.4) is 0 Å². The summed E-state index contributed by atoms with van der Waals surface area (Å²) >= 11 is 6.94. The fourth-order valence-electron chi connectivity index (χ4n) is 2.55. The molecule has 0 aliphatic carbocycles. The Morgan fingerprint density at radius 3 is 2.54 bits per heavy atom. The molecule has 2 aromatic carbocycles. The van der Waals surface area contributed by atoms with E-state index in [2.05, 4.69) is 4.72 Å². The van der Waals surface area contributed by atoms with Gasteiger partial charge in [-0.1, -0.05) is 42.0 Å². The number of nitrogens with zero attached hydrogens (tertiary/aromatic N) is 1. The van der Waals surface area contributed by atoms with Crippen molar-refractivity contribution in [3.63, 3.8) is 0 Å². The third kappa shape index (κ3) is 4.01. The van der Waals surface area contributed by atoms with Crippen molar-refractivity contribution in [2.45, 2.75) is 37.8 Å². The zero-order valence-electron chi connectivity index (χ0n) is 14.4. The van der Waals surface area contributed by atoms with Crippen LogP contribution in [0.5, 0.6) is 0 Å². The highest BCUT2D eigenvalue weighted by Crippen LogP contribution is 2.23. The van der Waals surface area contributed by atoms with E-state index in [9.17, 15) is 13.2 Å². The summed E-state index contributed by atoms with van der Waals surface area (Å²) in [5.41, 5.74) is 1.67. The second-order valence-corrected chi connectivity index (χ2v) is 9.28. The zero-order valence-corrected chi connectivity index (χ0v) is 16.8. The summed E-state index contributed by atoms with van der Waals surface area (Å²) in [6.45, 7) is 4.14. The van der Waals surface area contributed by atoms with Crippen LogP contribution in [0.1, 0.15) is 25.8 Å². The lowest BCUT2D eigenvalue weighted by molar-refractivity contribution is 0.556. The van der Waals surface area contributed by atoms with Gasteiger partial charge < -0.3 is 0 Å². The fraction of sp³-hybridized carbons (Fsp3) is 0.278. The van der Waals surface area contributed by atoms with Crippen molar-refractivity contribution in [3.05, 3.63) is 62.7 Å². The zero-order chi connectivity index (χ0) is 18.9. The maximum atomic E-state index is 12.5. The average Bonchev–Trinajstić information content (AvgIpc) is 2.91. The molecule has 0 bridgehead atoms. The van der Waals surface area contributed by atoms with E-state index in [4.69, 9.17) is 11.6 Å². The van der Waals surface area contributed by atoms with Crippen LogP contribution in [-0.2, 0) is 16.6 Å². The number of aromatic nitrogens is 1. The van der Waals surface area contributed by atoms with Gasteiger partial charge in [0.25, 0.3) is 0 Å². The number of thiazole rings is 1. The van der Waals surface area contributed by atoms with Crippen molar-refractivity contribution in [1.29, 1.82) is 0 Å². The molecule has 5 nitrogen and oxygen atoms in total. The van der Waals surface area contributed by atoms with Gasteiger partial charge in [0, 0.05) is 11.1 Å². The lowest BCUT2D eigenvalue weighted by atomic mass is 10.2. The molecule has 0 radical (unpaired) electrons. The molecule has 1 unspecified atom stereocenters. The molecular weight excluding hydrogens is 392 g/mol. The van der Waals surface area contributed by atoms with E-state index in [0.717, 1.165) is 22.4 Å². The Hall–Kier alpha value is -1.67. The van der Waals surface area contributed by atoms with E-state index in [1.807, 2.05) is 26.0 Å². The summed E-state index contributed by atoms with van der Waals surface area (Å²) in [7, 11) is -3.60. The Bertz CT molecular complexity index is 1090. The Morgan fingerprint density at radius 1 is 1.19 bits per heavy atom. The smallest absolute Gasteiger partial charge is 0.294 e. The number of sulfonamides is 1. The predicted octanol–water partition coefficient (Wildman–Crippen LogP) is 3.84. The maximum Gasteiger partial charge on any atom is 0.308 e. The number of nitrogens with one attached hydrogen (secondary N) is 1. The summed E-state index contributed by atoms with van der Waals surface area (Å²) in [5, 5.41) is 0.639. The van der Waals surface area contributed by atoms with E-state index in [-0.39, 0.29) is 15.8 Å². The number of benzene rings is 2. The molecule has 26 heavy (non-hydrogen) atoms. The van der Waals surface area contributed by atoms with Gasteiger partial charge in [0.15, 0.2) is 0 Å². The SMILES string of the molecule is CCC(C)NS(=O)(=O)c1ccc2c(c1)sc(=O)n2Cc1ccc(Cl)cc1. The second kappa shape index (κ2) is 7.52. The fourth-order valence-corrected chi connectivity index (χ4v) is 5.04. The number of fused-ring (bicyclic) bond motifs is 1. The van der Waals surface area contributed by atoms with E-state index >= 15 is 0 Å². The molecule has 0 fully saturated rings. The molecule has 3 aromatic rings. The first-order chi connectivity index (χ1) is 12.3. The molecule has 0 spiro atoms. The van der Waals surface area contributed by atoms with Gasteiger partial charge in [0.1, 0.15) is 0 Å². The molecule has 3 rings (SSSR count). The van der Waals surface area contributed by atoms with Gasteiger partial charge in [-0.25, -0.2) is 13.1 Å². The average molecular weight is 411 g/mol. The summed E-state index contributed by atoms with van der Waals surface area (Å²) < 4.78 is 29.8. The summed E-state index contributed by atoms with van der Waals surface area (Å²) in [5.74, 6) is 0. The first-order valence-electron chi connectivity index (χ1n) is 8.20. The number of hydrogen-bond donors (Lipinski definition) is 1. The number of hydrogen-bond acceptors (Lipinski definition) is 4. The minimum Gasteiger partial charge on any atom is -0.294 e. The molecule has 1 aromatic heterocycles. The molecular formula is C18H19ClN2O3S2. The lowest BCUT2D eigenvalue weighted by Gasteiger charge is -2.12. The van der Waals surface area contributed by atoms with Gasteiger partial charge in [-0.2, -0.15) is 0 Å². The summed E-state index contributed by atoms with van der Waals surface area (Å²) in [6.07, 6.45) is 0.701. The minimum absolute atomic E-state index is 0.126. The standard InChI is InChI=1S/C18H19ClN2O3S2/c1-3-12(2)20-26(23,24)15-8-9-16-17(10-15)25-18(22)21(16)11-13-4-6-14(19)7-5-13/h4-10,12,20H,3,11H2,1-2H3. The highest BCUT2D eigenvalue weighted by atomic mass is 35.5. The van der Waals surface area contributed by atoms with Crippen LogP contribution >= 0.6 is 22.9 Å². The van der Waals surface area contributed by atoms with Gasteiger partial charge in [-0.05, 0) is 49.2 Å². The lowest BCUT2D eigenvalue weighted by Crippen LogP contribution is -2.31. The van der Waals surface area contributed by atoms with Gasteiger partial charge in [0.05, 0.1) is 21.7 Å². The van der Waals surface area contributed by atoms with Gasteiger partial charge >= 0.3 is 4.87 Å². The molecule has 8 heteroatoms. The van der Waals surface area contributed by atoms with Crippen molar-refractivity contribution in [2.24, 2.45) is 0 Å². The highest BCUT2D eigenvalue weighted by Gasteiger charge is 2.18. The molecule has 1 atom stereocenters. The minimum atomic E-state index is -3.60. The van der Waals surface area contributed by atoms with Crippen molar-refractivity contribution >= 4 is 43.2 Å². The second-order valence-electron chi connectivity index (χ2n) is 6.14. The third-order valence-corrected chi connectivity index (χ3v) is 6.95. The summed E-state index contributed by atoms with van der Waals surface area (Å²) in [6, 6.07) is 11.9. The van der Waals surface area contributed by atoms with Crippen molar-refractivity contribution in [2.75, 3.05) is 0 Å². The highest BCUT2D eigenvalue weighted by molar-refractivity contribution is 7.89. The van der Waals surface area contributed by atoms with E-state index < -0.39 is 10.0 Å². The predicted molar refractivity (Wildman–Crippen MR) is 107 cm³/mol. The van der Waals surface area contributed by atoms with Crippen molar-refractivity contribution in [1.82, 2.24) is 9.29 Å².